The van der Waals surface area contributed by atoms with E-state index in [1.54, 1.807) is 18.2 Å². The molecule has 3 aromatic rings. The monoisotopic (exact) mass is 538 g/mol. The zero-order chi connectivity index (χ0) is 27.9. The maximum Gasteiger partial charge on any atom is 0.251 e. The molecule has 2 amide bonds. The fourth-order valence-corrected chi connectivity index (χ4v) is 6.56. The van der Waals surface area contributed by atoms with Gasteiger partial charge in [0, 0.05) is 48.4 Å². The average molecular weight is 539 g/mol. The number of hydrogen-bond donors (Lipinski definition) is 2. The van der Waals surface area contributed by atoms with Crippen LogP contribution >= 0.6 is 0 Å². The molecule has 210 valence electrons. The summed E-state index contributed by atoms with van der Waals surface area (Å²) in [6.45, 7) is 1.71. The zero-order valence-corrected chi connectivity index (χ0v) is 23.8. The van der Waals surface area contributed by atoms with Crippen LogP contribution in [0.25, 0.3) is 0 Å². The molecule has 0 bridgehead atoms. The number of nitrogens with one attached hydrogen (secondary N) is 2. The van der Waals surface area contributed by atoms with Crippen molar-refractivity contribution in [3.05, 3.63) is 107 Å². The molecule has 6 nitrogen and oxygen atoms in total. The average Bonchev–Trinajstić information content (AvgIpc) is 3.64. The summed E-state index contributed by atoms with van der Waals surface area (Å²) in [6, 6.07) is 28.8. The molecule has 0 heterocycles. The van der Waals surface area contributed by atoms with Crippen LogP contribution in [0.3, 0.4) is 0 Å². The van der Waals surface area contributed by atoms with Crippen molar-refractivity contribution in [3.63, 3.8) is 0 Å². The standard InChI is InChI=1S/C34H42N4O2/c1-37(23-25-12-5-3-6-13-25)31-20-10-18-29(31)35-33(39)27-16-9-17-28(22-27)34(40)36-30-19-11-21-32(30)38(2)24-26-14-7-4-8-15-26/h3-9,12-17,22,29-32H,10-11,18-21,23-24H2,1-2H3,(H,35,39)(H,36,40)/t29-,30-,31-,32-/m1/s1. The van der Waals surface area contributed by atoms with Gasteiger partial charge in [-0.3, -0.25) is 19.4 Å². The third-order valence-corrected chi connectivity index (χ3v) is 8.66. The lowest BCUT2D eigenvalue weighted by atomic mass is 10.1. The SMILES string of the molecule is CN(Cc1ccccc1)[C@@H]1CCC[C@H]1NC(=O)c1cccc(C(=O)N[C@@H]2CCC[C@H]2N(C)Cc2ccccc2)c1. The molecule has 6 heteroatoms. The van der Waals surface area contributed by atoms with Crippen LogP contribution in [0, 0.1) is 0 Å². The Labute approximate surface area is 238 Å². The molecule has 2 fully saturated rings. The van der Waals surface area contributed by atoms with Crippen LogP contribution in [0.5, 0.6) is 0 Å². The van der Waals surface area contributed by atoms with E-state index in [9.17, 15) is 9.59 Å². The molecule has 40 heavy (non-hydrogen) atoms. The second-order valence-electron chi connectivity index (χ2n) is 11.5. The van der Waals surface area contributed by atoms with E-state index in [0.29, 0.717) is 23.2 Å². The second-order valence-corrected chi connectivity index (χ2v) is 11.5. The quantitative estimate of drug-likeness (QED) is 0.370. The molecule has 2 aliphatic carbocycles. The molecule has 0 saturated heterocycles. The van der Waals surface area contributed by atoms with Crippen molar-refractivity contribution in [1.29, 1.82) is 0 Å². The van der Waals surface area contributed by atoms with Crippen molar-refractivity contribution in [2.75, 3.05) is 14.1 Å². The zero-order valence-electron chi connectivity index (χ0n) is 23.8. The first-order chi connectivity index (χ1) is 19.5. The van der Waals surface area contributed by atoms with E-state index in [1.165, 1.54) is 11.1 Å². The van der Waals surface area contributed by atoms with Crippen LogP contribution in [-0.2, 0) is 13.1 Å². The first kappa shape index (κ1) is 28.1. The van der Waals surface area contributed by atoms with Gasteiger partial charge in [-0.15, -0.1) is 0 Å². The Kier molecular flexibility index (Phi) is 9.30. The molecule has 0 spiro atoms. The molecule has 3 aromatic carbocycles. The summed E-state index contributed by atoms with van der Waals surface area (Å²) in [4.78, 5) is 31.3. The van der Waals surface area contributed by atoms with Crippen LogP contribution in [-0.4, -0.2) is 59.9 Å². The highest BCUT2D eigenvalue weighted by molar-refractivity contribution is 5.99. The molecule has 0 unspecified atom stereocenters. The molecule has 2 N–H and O–H groups in total. The molecule has 0 aromatic heterocycles. The predicted molar refractivity (Wildman–Crippen MR) is 160 cm³/mol. The molecule has 5 rings (SSSR count). The molecular weight excluding hydrogens is 496 g/mol. The van der Waals surface area contributed by atoms with E-state index in [2.05, 4.69) is 83.1 Å². The number of benzene rings is 3. The Morgan fingerprint density at radius 1 is 0.625 bits per heavy atom. The molecule has 4 atom stereocenters. The van der Waals surface area contributed by atoms with Gasteiger partial charge in [0.25, 0.3) is 11.8 Å². The Hall–Kier alpha value is -3.48. The lowest BCUT2D eigenvalue weighted by Crippen LogP contribution is -2.47. The lowest BCUT2D eigenvalue weighted by molar-refractivity contribution is 0.0910. The summed E-state index contributed by atoms with van der Waals surface area (Å²) in [5, 5.41) is 6.55. The minimum absolute atomic E-state index is 0.0955. The van der Waals surface area contributed by atoms with E-state index < -0.39 is 0 Å². The van der Waals surface area contributed by atoms with E-state index in [1.807, 2.05) is 18.2 Å². The first-order valence-electron chi connectivity index (χ1n) is 14.7. The van der Waals surface area contributed by atoms with Crippen LogP contribution in [0.4, 0.5) is 0 Å². The minimum atomic E-state index is -0.110. The summed E-state index contributed by atoms with van der Waals surface area (Å²) in [6.07, 6.45) is 6.26. The molecule has 0 aliphatic heterocycles. The van der Waals surface area contributed by atoms with Crippen molar-refractivity contribution in [2.45, 2.75) is 75.8 Å². The van der Waals surface area contributed by atoms with Crippen molar-refractivity contribution < 1.29 is 9.59 Å². The number of carbonyl (C=O) groups excluding carboxylic acids is 2. The summed E-state index contributed by atoms with van der Waals surface area (Å²) in [5.74, 6) is -0.220. The Morgan fingerprint density at radius 2 is 1.05 bits per heavy atom. The number of rotatable bonds is 10. The maximum atomic E-state index is 13.3. The Bertz CT molecular complexity index is 1170. The van der Waals surface area contributed by atoms with Crippen LogP contribution < -0.4 is 10.6 Å². The van der Waals surface area contributed by atoms with Crippen molar-refractivity contribution >= 4 is 11.8 Å². The lowest BCUT2D eigenvalue weighted by Gasteiger charge is -2.30. The second kappa shape index (κ2) is 13.2. The smallest absolute Gasteiger partial charge is 0.251 e. The third kappa shape index (κ3) is 6.98. The van der Waals surface area contributed by atoms with Gasteiger partial charge in [-0.1, -0.05) is 66.7 Å². The van der Waals surface area contributed by atoms with Crippen molar-refractivity contribution in [3.8, 4) is 0 Å². The number of nitrogens with zero attached hydrogens (tertiary/aromatic N) is 2. The molecule has 2 aliphatic rings. The van der Waals surface area contributed by atoms with Gasteiger partial charge in [-0.05, 0) is 81.9 Å². The third-order valence-electron chi connectivity index (χ3n) is 8.66. The summed E-state index contributed by atoms with van der Waals surface area (Å²) >= 11 is 0. The van der Waals surface area contributed by atoms with E-state index >= 15 is 0 Å². The van der Waals surface area contributed by atoms with Crippen molar-refractivity contribution in [1.82, 2.24) is 20.4 Å². The van der Waals surface area contributed by atoms with Crippen molar-refractivity contribution in [2.24, 2.45) is 0 Å². The van der Waals surface area contributed by atoms with E-state index in [-0.39, 0.29) is 23.9 Å². The van der Waals surface area contributed by atoms with Gasteiger partial charge in [0.05, 0.1) is 0 Å². The van der Waals surface area contributed by atoms with Gasteiger partial charge in [0.15, 0.2) is 0 Å². The first-order valence-corrected chi connectivity index (χ1v) is 14.7. The fraction of sp³-hybridized carbons (Fsp3) is 0.412. The number of amides is 2. The molecular formula is C34H42N4O2. The predicted octanol–water partition coefficient (Wildman–Crippen LogP) is 5.25. The van der Waals surface area contributed by atoms with Gasteiger partial charge in [-0.2, -0.15) is 0 Å². The molecule has 0 radical (unpaired) electrons. The van der Waals surface area contributed by atoms with Gasteiger partial charge in [0.1, 0.15) is 0 Å². The largest absolute Gasteiger partial charge is 0.348 e. The Balaban J connectivity index is 1.18. The highest BCUT2D eigenvalue weighted by Crippen LogP contribution is 2.26. The topological polar surface area (TPSA) is 64.7 Å². The maximum absolute atomic E-state index is 13.3. The minimum Gasteiger partial charge on any atom is -0.348 e. The van der Waals surface area contributed by atoms with Gasteiger partial charge >= 0.3 is 0 Å². The number of hydrogen-bond acceptors (Lipinski definition) is 4. The number of likely N-dealkylation sites (N-methyl/N-ethyl adjacent to an activating group) is 2. The summed E-state index contributed by atoms with van der Waals surface area (Å²) in [7, 11) is 4.28. The van der Waals surface area contributed by atoms with Gasteiger partial charge < -0.3 is 10.6 Å². The normalized spacial score (nSPS) is 22.5. The Morgan fingerprint density at radius 3 is 1.48 bits per heavy atom. The van der Waals surface area contributed by atoms with Gasteiger partial charge in [-0.25, -0.2) is 0 Å². The van der Waals surface area contributed by atoms with Crippen LogP contribution in [0.15, 0.2) is 84.9 Å². The highest BCUT2D eigenvalue weighted by Gasteiger charge is 2.33. The van der Waals surface area contributed by atoms with Crippen LogP contribution in [0.2, 0.25) is 0 Å². The summed E-state index contributed by atoms with van der Waals surface area (Å²) in [5.41, 5.74) is 3.62. The summed E-state index contributed by atoms with van der Waals surface area (Å²) < 4.78 is 0. The highest BCUT2D eigenvalue weighted by atomic mass is 16.2. The molecule has 2 saturated carbocycles. The number of carbonyl (C=O) groups is 2. The van der Waals surface area contributed by atoms with Gasteiger partial charge in [0.2, 0.25) is 0 Å². The van der Waals surface area contributed by atoms with E-state index in [0.717, 1.165) is 51.6 Å². The van der Waals surface area contributed by atoms with E-state index in [4.69, 9.17) is 0 Å². The van der Waals surface area contributed by atoms with Crippen LogP contribution in [0.1, 0.15) is 70.4 Å². The fourth-order valence-electron chi connectivity index (χ4n) is 6.56.